The number of carbonyl (C=O) groups is 1. The van der Waals surface area contributed by atoms with Crippen LogP contribution in [-0.2, 0) is 14.3 Å². The SMILES string of the molecule is COc1cc(-c2cn([C@H]3[C@@H](O)[C@@H](CO)O[C@@H](C(=O)N(c4cc(C)cc(Br)c4)[C@H]4CC[C@@H]4O)[C@@H]3OC)nn2)cc(F)c1F. The third-order valence-electron chi connectivity index (χ3n) is 7.79. The van der Waals surface area contributed by atoms with Crippen LogP contribution in [0, 0.1) is 18.6 Å². The number of hydrogen-bond acceptors (Lipinski definition) is 9. The zero-order chi connectivity index (χ0) is 30.3. The van der Waals surface area contributed by atoms with Crippen LogP contribution < -0.4 is 9.64 Å². The van der Waals surface area contributed by atoms with Crippen molar-refractivity contribution < 1.29 is 43.1 Å². The van der Waals surface area contributed by atoms with E-state index in [0.717, 1.165) is 16.1 Å². The van der Waals surface area contributed by atoms with Crippen molar-refractivity contribution in [3.63, 3.8) is 0 Å². The molecular weight excluding hydrogens is 622 g/mol. The van der Waals surface area contributed by atoms with Gasteiger partial charge in [0.2, 0.25) is 5.82 Å². The lowest BCUT2D eigenvalue weighted by Gasteiger charge is -2.47. The first-order valence-corrected chi connectivity index (χ1v) is 14.1. The first-order valence-electron chi connectivity index (χ1n) is 13.3. The topological polar surface area (TPSA) is 139 Å². The van der Waals surface area contributed by atoms with E-state index in [1.165, 1.54) is 36.1 Å². The molecule has 1 saturated carbocycles. The van der Waals surface area contributed by atoms with Crippen molar-refractivity contribution >= 4 is 27.5 Å². The molecule has 2 fully saturated rings. The molecule has 1 aliphatic heterocycles. The van der Waals surface area contributed by atoms with Gasteiger partial charge in [0.25, 0.3) is 5.91 Å². The maximum absolute atomic E-state index is 14.3. The molecule has 226 valence electrons. The summed E-state index contributed by atoms with van der Waals surface area (Å²) < 4.78 is 46.8. The minimum Gasteiger partial charge on any atom is -0.494 e. The van der Waals surface area contributed by atoms with E-state index in [1.807, 2.05) is 19.1 Å². The van der Waals surface area contributed by atoms with Gasteiger partial charge < -0.3 is 34.4 Å². The molecule has 3 aromatic rings. The Morgan fingerprint density at radius 2 is 1.95 bits per heavy atom. The smallest absolute Gasteiger partial charge is 0.259 e. The summed E-state index contributed by atoms with van der Waals surface area (Å²) in [6, 6.07) is 6.05. The fourth-order valence-electron chi connectivity index (χ4n) is 5.52. The van der Waals surface area contributed by atoms with Crippen LogP contribution >= 0.6 is 15.9 Å². The van der Waals surface area contributed by atoms with E-state index in [4.69, 9.17) is 14.2 Å². The van der Waals surface area contributed by atoms with E-state index in [2.05, 4.69) is 26.2 Å². The molecule has 1 saturated heterocycles. The van der Waals surface area contributed by atoms with Crippen molar-refractivity contribution in [3.05, 3.63) is 58.2 Å². The number of anilines is 1. The standard InChI is InChI=1S/C28H31BrF2N4O7/c1-13-6-15(29)10-16(7-13)35(19-4-5-20(19)37)28(39)27-26(41-3)24(25(38)22(12-36)42-27)34-11-18(32-33-34)14-8-17(30)23(31)21(9-14)40-2/h6-11,19-20,22,24-27,36-38H,4-5,12H2,1-3H3/t19-,20-,22+,24-,25-,26+,27+/m0/s1. The number of aryl methyl sites for hydroxylation is 1. The third kappa shape index (κ3) is 5.54. The number of benzene rings is 2. The summed E-state index contributed by atoms with van der Waals surface area (Å²) >= 11 is 3.47. The Bertz CT molecular complexity index is 1440. The number of rotatable bonds is 8. The molecule has 2 heterocycles. The Labute approximate surface area is 248 Å². The molecule has 11 nitrogen and oxygen atoms in total. The predicted octanol–water partition coefficient (Wildman–Crippen LogP) is 2.54. The summed E-state index contributed by atoms with van der Waals surface area (Å²) in [5, 5.41) is 40.0. The number of nitrogens with zero attached hydrogens (tertiary/aromatic N) is 4. The Balaban J connectivity index is 1.53. The van der Waals surface area contributed by atoms with Gasteiger partial charge in [-0.1, -0.05) is 21.1 Å². The van der Waals surface area contributed by atoms with E-state index in [1.54, 1.807) is 6.07 Å². The molecule has 42 heavy (non-hydrogen) atoms. The van der Waals surface area contributed by atoms with E-state index in [-0.39, 0.29) is 17.0 Å². The first-order chi connectivity index (χ1) is 20.1. The molecule has 3 N–H and O–H groups in total. The van der Waals surface area contributed by atoms with Crippen molar-refractivity contribution in [3.8, 4) is 17.0 Å². The van der Waals surface area contributed by atoms with Gasteiger partial charge in [-0.15, -0.1) is 5.10 Å². The molecule has 2 aromatic carbocycles. The van der Waals surface area contributed by atoms with Gasteiger partial charge >= 0.3 is 0 Å². The van der Waals surface area contributed by atoms with Gasteiger partial charge in [0.15, 0.2) is 17.7 Å². The van der Waals surface area contributed by atoms with Gasteiger partial charge in [-0.25, -0.2) is 9.07 Å². The maximum Gasteiger partial charge on any atom is 0.259 e. The largest absolute Gasteiger partial charge is 0.494 e. The van der Waals surface area contributed by atoms with Gasteiger partial charge in [0.1, 0.15) is 30.0 Å². The Kier molecular flexibility index (Phi) is 8.92. The lowest BCUT2D eigenvalue weighted by atomic mass is 9.85. The van der Waals surface area contributed by atoms with Crippen molar-refractivity contribution in [2.45, 2.75) is 62.4 Å². The maximum atomic E-state index is 14.3. The molecule has 2 aliphatic rings. The van der Waals surface area contributed by atoms with Crippen LogP contribution in [0.25, 0.3) is 11.3 Å². The summed E-state index contributed by atoms with van der Waals surface area (Å²) in [7, 11) is 2.55. The number of carbonyl (C=O) groups excluding carboxylic acids is 1. The molecule has 0 unspecified atom stereocenters. The second-order valence-corrected chi connectivity index (χ2v) is 11.3. The third-order valence-corrected chi connectivity index (χ3v) is 8.24. The quantitative estimate of drug-likeness (QED) is 0.335. The molecule has 0 radical (unpaired) electrons. The zero-order valence-electron chi connectivity index (χ0n) is 23.0. The van der Waals surface area contributed by atoms with Crippen molar-refractivity contribution in [1.82, 2.24) is 15.0 Å². The van der Waals surface area contributed by atoms with Crippen LogP contribution in [0.1, 0.15) is 24.4 Å². The van der Waals surface area contributed by atoms with Gasteiger partial charge in [0.05, 0.1) is 32.1 Å². The Morgan fingerprint density at radius 1 is 1.19 bits per heavy atom. The van der Waals surface area contributed by atoms with Crippen LogP contribution in [0.3, 0.4) is 0 Å². The molecule has 0 spiro atoms. The highest BCUT2D eigenvalue weighted by Gasteiger charge is 2.52. The summed E-state index contributed by atoms with van der Waals surface area (Å²) in [6.45, 7) is 1.25. The van der Waals surface area contributed by atoms with Crippen LogP contribution in [0.2, 0.25) is 0 Å². The minimum atomic E-state index is -1.39. The van der Waals surface area contributed by atoms with Crippen molar-refractivity contribution in [1.29, 1.82) is 0 Å². The number of ether oxygens (including phenoxy) is 3. The summed E-state index contributed by atoms with van der Waals surface area (Å²) in [4.78, 5) is 15.8. The van der Waals surface area contributed by atoms with Crippen LogP contribution in [0.15, 0.2) is 41.0 Å². The van der Waals surface area contributed by atoms with Crippen LogP contribution in [-0.4, -0.2) is 93.6 Å². The number of aliphatic hydroxyl groups is 3. The summed E-state index contributed by atoms with van der Waals surface area (Å²) in [6.07, 6.45) is -3.34. The summed E-state index contributed by atoms with van der Waals surface area (Å²) in [5.41, 5.74) is 1.71. The Hall–Kier alpha value is -3.01. The number of halogens is 3. The van der Waals surface area contributed by atoms with E-state index >= 15 is 0 Å². The lowest BCUT2D eigenvalue weighted by Crippen LogP contribution is -2.64. The molecule has 7 atom stereocenters. The average molecular weight is 653 g/mol. The highest BCUT2D eigenvalue weighted by Crippen LogP contribution is 2.38. The van der Waals surface area contributed by atoms with Gasteiger partial charge in [-0.05, 0) is 55.7 Å². The summed E-state index contributed by atoms with van der Waals surface area (Å²) in [5.74, 6) is -3.16. The first kappa shape index (κ1) is 30.4. The molecular formula is C28H31BrF2N4O7. The van der Waals surface area contributed by atoms with Crippen LogP contribution in [0.5, 0.6) is 5.75 Å². The zero-order valence-corrected chi connectivity index (χ0v) is 24.6. The number of aromatic nitrogens is 3. The van der Waals surface area contributed by atoms with Crippen LogP contribution in [0.4, 0.5) is 14.5 Å². The fourth-order valence-corrected chi connectivity index (χ4v) is 6.11. The molecule has 1 aliphatic carbocycles. The normalized spacial score (nSPS) is 27.4. The monoisotopic (exact) mass is 652 g/mol. The second kappa shape index (κ2) is 12.3. The molecule has 5 rings (SSSR count). The molecule has 1 amide bonds. The second-order valence-electron chi connectivity index (χ2n) is 10.4. The number of hydrogen-bond donors (Lipinski definition) is 3. The number of amides is 1. The highest BCUT2D eigenvalue weighted by molar-refractivity contribution is 9.10. The highest BCUT2D eigenvalue weighted by atomic mass is 79.9. The van der Waals surface area contributed by atoms with Gasteiger partial charge in [-0.2, -0.15) is 4.39 Å². The van der Waals surface area contributed by atoms with Crippen molar-refractivity contribution in [2.24, 2.45) is 0 Å². The van der Waals surface area contributed by atoms with E-state index in [0.29, 0.717) is 18.5 Å². The predicted molar refractivity (Wildman–Crippen MR) is 149 cm³/mol. The average Bonchev–Trinajstić information content (AvgIpc) is 3.44. The Morgan fingerprint density at radius 3 is 2.55 bits per heavy atom. The van der Waals surface area contributed by atoms with Gasteiger partial charge in [-0.3, -0.25) is 4.79 Å². The molecule has 0 bridgehead atoms. The molecule has 1 aromatic heterocycles. The molecule has 14 heteroatoms. The fraction of sp³-hybridized carbons (Fsp3) is 0.464. The van der Waals surface area contributed by atoms with E-state index < -0.39 is 66.8 Å². The van der Waals surface area contributed by atoms with E-state index in [9.17, 15) is 28.9 Å². The number of aliphatic hydroxyl groups excluding tert-OH is 3. The lowest BCUT2D eigenvalue weighted by molar-refractivity contribution is -0.211. The minimum absolute atomic E-state index is 0.132. The number of methoxy groups -OCH3 is 2. The van der Waals surface area contributed by atoms with Crippen molar-refractivity contribution in [2.75, 3.05) is 25.7 Å². The van der Waals surface area contributed by atoms with Gasteiger partial charge in [0, 0.05) is 22.8 Å².